The fraction of sp³-hybridized carbons (Fsp3) is 0.167. The van der Waals surface area contributed by atoms with Crippen molar-refractivity contribution in [3.8, 4) is 6.07 Å². The molecule has 1 heterocycles. The van der Waals surface area contributed by atoms with Gasteiger partial charge in [-0.05, 0) is 41.1 Å². The highest BCUT2D eigenvalue weighted by Gasteiger charge is 2.13. The lowest BCUT2D eigenvalue weighted by Gasteiger charge is -2.09. The molecule has 0 aliphatic heterocycles. The molecule has 6 heteroatoms. The van der Waals surface area contributed by atoms with E-state index in [0.717, 1.165) is 20.3 Å². The first kappa shape index (κ1) is 13.1. The summed E-state index contributed by atoms with van der Waals surface area (Å²) in [5, 5.41) is 16.6. The van der Waals surface area contributed by atoms with Crippen LogP contribution in [0, 0.1) is 18.3 Å². The molecule has 0 saturated heterocycles. The van der Waals surface area contributed by atoms with E-state index in [1.54, 1.807) is 4.68 Å². The number of hydrogen-bond donors (Lipinski definition) is 1. The van der Waals surface area contributed by atoms with Crippen LogP contribution in [0.1, 0.15) is 11.3 Å². The number of anilines is 2. The van der Waals surface area contributed by atoms with Gasteiger partial charge in [0.2, 0.25) is 0 Å². The highest BCUT2D eigenvalue weighted by Crippen LogP contribution is 2.30. The number of hydrogen-bond acceptors (Lipinski definition) is 3. The summed E-state index contributed by atoms with van der Waals surface area (Å²) in [7, 11) is 1.81. The summed E-state index contributed by atoms with van der Waals surface area (Å²) < 4.78 is 3.57. The van der Waals surface area contributed by atoms with Crippen LogP contribution in [0.3, 0.4) is 0 Å². The molecule has 0 bridgehead atoms. The van der Waals surface area contributed by atoms with Gasteiger partial charge in [-0.25, -0.2) is 0 Å². The monoisotopic (exact) mass is 368 g/mol. The van der Waals surface area contributed by atoms with Gasteiger partial charge in [-0.3, -0.25) is 4.68 Å². The molecule has 1 N–H and O–H groups in total. The van der Waals surface area contributed by atoms with Crippen molar-refractivity contribution < 1.29 is 0 Å². The van der Waals surface area contributed by atoms with Crippen LogP contribution < -0.4 is 5.32 Å². The number of nitriles is 1. The Morgan fingerprint density at radius 2 is 2.11 bits per heavy atom. The minimum absolute atomic E-state index is 0.562. The minimum Gasteiger partial charge on any atom is -0.338 e. The molecule has 0 saturated carbocycles. The summed E-state index contributed by atoms with van der Waals surface area (Å²) in [6.07, 6.45) is 0. The molecule has 0 aliphatic rings. The maximum Gasteiger partial charge on any atom is 0.146 e. The Bertz CT molecular complexity index is 640. The Balaban J connectivity index is 2.43. The number of aromatic nitrogens is 2. The zero-order chi connectivity index (χ0) is 13.3. The van der Waals surface area contributed by atoms with Crippen LogP contribution in [0.15, 0.2) is 27.1 Å². The van der Waals surface area contributed by atoms with E-state index >= 15 is 0 Å². The standard InChI is InChI=1S/C12H10Br2N4/c1-7-9(6-15)12(18(2)17-7)16-11-4-3-8(13)5-10(11)14/h3-5,16H,1-2H3. The molecule has 2 rings (SSSR count). The third kappa shape index (κ3) is 2.42. The van der Waals surface area contributed by atoms with Crippen LogP contribution in [0.2, 0.25) is 0 Å². The van der Waals surface area contributed by atoms with Gasteiger partial charge in [-0.15, -0.1) is 0 Å². The number of aryl methyl sites for hydroxylation is 2. The molecule has 1 aromatic carbocycles. The van der Waals surface area contributed by atoms with E-state index in [0.29, 0.717) is 11.4 Å². The van der Waals surface area contributed by atoms with E-state index in [9.17, 15) is 0 Å². The van der Waals surface area contributed by atoms with E-state index in [4.69, 9.17) is 5.26 Å². The molecule has 0 atom stereocenters. The third-order valence-corrected chi connectivity index (χ3v) is 3.67. The largest absolute Gasteiger partial charge is 0.338 e. The van der Waals surface area contributed by atoms with Crippen LogP contribution in [-0.2, 0) is 7.05 Å². The SMILES string of the molecule is Cc1nn(C)c(Nc2ccc(Br)cc2Br)c1C#N. The summed E-state index contributed by atoms with van der Waals surface area (Å²) in [5.41, 5.74) is 2.17. The molecule has 1 aromatic heterocycles. The van der Waals surface area contributed by atoms with Crippen LogP contribution in [0.25, 0.3) is 0 Å². The van der Waals surface area contributed by atoms with Gasteiger partial charge in [0.1, 0.15) is 17.5 Å². The molecule has 0 aliphatic carbocycles. The first-order valence-electron chi connectivity index (χ1n) is 5.18. The van der Waals surface area contributed by atoms with Crippen molar-refractivity contribution in [3.63, 3.8) is 0 Å². The van der Waals surface area contributed by atoms with E-state index in [1.165, 1.54) is 0 Å². The maximum absolute atomic E-state index is 9.14. The van der Waals surface area contributed by atoms with Crippen molar-refractivity contribution in [2.24, 2.45) is 7.05 Å². The second-order valence-electron chi connectivity index (χ2n) is 3.79. The summed E-state index contributed by atoms with van der Waals surface area (Å²) in [5.74, 6) is 0.693. The third-order valence-electron chi connectivity index (χ3n) is 2.52. The van der Waals surface area contributed by atoms with Gasteiger partial charge >= 0.3 is 0 Å². The molecule has 2 aromatic rings. The topological polar surface area (TPSA) is 53.6 Å². The zero-order valence-electron chi connectivity index (χ0n) is 9.83. The number of benzene rings is 1. The quantitative estimate of drug-likeness (QED) is 0.874. The van der Waals surface area contributed by atoms with Crippen molar-refractivity contribution in [2.75, 3.05) is 5.32 Å². The zero-order valence-corrected chi connectivity index (χ0v) is 13.0. The number of halogens is 2. The summed E-state index contributed by atoms with van der Waals surface area (Å²) in [6, 6.07) is 7.97. The first-order valence-corrected chi connectivity index (χ1v) is 6.77. The second kappa shape index (κ2) is 5.12. The van der Waals surface area contributed by atoms with E-state index < -0.39 is 0 Å². The van der Waals surface area contributed by atoms with E-state index in [-0.39, 0.29) is 0 Å². The van der Waals surface area contributed by atoms with Gasteiger partial charge in [0, 0.05) is 16.0 Å². The molecule has 0 radical (unpaired) electrons. The number of nitrogens with one attached hydrogen (secondary N) is 1. The second-order valence-corrected chi connectivity index (χ2v) is 5.56. The van der Waals surface area contributed by atoms with Gasteiger partial charge < -0.3 is 5.32 Å². The number of nitrogens with zero attached hydrogens (tertiary/aromatic N) is 3. The van der Waals surface area contributed by atoms with Crippen molar-refractivity contribution in [1.82, 2.24) is 9.78 Å². The Kier molecular flexibility index (Phi) is 3.73. The molecule has 0 fully saturated rings. The van der Waals surface area contributed by atoms with Gasteiger partial charge in [-0.2, -0.15) is 10.4 Å². The predicted molar refractivity (Wildman–Crippen MR) is 77.8 cm³/mol. The van der Waals surface area contributed by atoms with Crippen molar-refractivity contribution in [1.29, 1.82) is 5.26 Å². The first-order chi connectivity index (χ1) is 8.52. The van der Waals surface area contributed by atoms with Crippen molar-refractivity contribution in [3.05, 3.63) is 38.4 Å². The highest BCUT2D eigenvalue weighted by molar-refractivity contribution is 9.11. The molecule has 4 nitrogen and oxygen atoms in total. The van der Waals surface area contributed by atoms with E-state index in [1.807, 2.05) is 32.2 Å². The van der Waals surface area contributed by atoms with Crippen LogP contribution in [0.4, 0.5) is 11.5 Å². The molecule has 92 valence electrons. The number of rotatable bonds is 2. The van der Waals surface area contributed by atoms with Crippen molar-refractivity contribution >= 4 is 43.4 Å². The van der Waals surface area contributed by atoms with Crippen molar-refractivity contribution in [2.45, 2.75) is 6.92 Å². The van der Waals surface area contributed by atoms with Crippen LogP contribution in [-0.4, -0.2) is 9.78 Å². The summed E-state index contributed by atoms with van der Waals surface area (Å²) in [4.78, 5) is 0. The Labute approximate surface area is 122 Å². The van der Waals surface area contributed by atoms with Crippen LogP contribution in [0.5, 0.6) is 0 Å². The lowest BCUT2D eigenvalue weighted by atomic mass is 10.2. The van der Waals surface area contributed by atoms with Gasteiger partial charge in [0.05, 0.1) is 11.4 Å². The molecule has 18 heavy (non-hydrogen) atoms. The fourth-order valence-electron chi connectivity index (χ4n) is 1.65. The maximum atomic E-state index is 9.14. The predicted octanol–water partition coefficient (Wildman–Crippen LogP) is 3.87. The molecular formula is C12H10Br2N4. The van der Waals surface area contributed by atoms with E-state index in [2.05, 4.69) is 48.3 Å². The Morgan fingerprint density at radius 3 is 2.72 bits per heavy atom. The average molecular weight is 370 g/mol. The smallest absolute Gasteiger partial charge is 0.146 e. The lowest BCUT2D eigenvalue weighted by Crippen LogP contribution is -2.00. The lowest BCUT2D eigenvalue weighted by molar-refractivity contribution is 0.765. The minimum atomic E-state index is 0.562. The summed E-state index contributed by atoms with van der Waals surface area (Å²) in [6.45, 7) is 1.82. The molecule has 0 spiro atoms. The molecule has 0 amide bonds. The molecule has 0 unspecified atom stereocenters. The molecular weight excluding hydrogens is 360 g/mol. The Hall–Kier alpha value is -1.32. The Morgan fingerprint density at radius 1 is 1.39 bits per heavy atom. The van der Waals surface area contributed by atoms with Gasteiger partial charge in [-0.1, -0.05) is 15.9 Å². The van der Waals surface area contributed by atoms with Gasteiger partial charge in [0.25, 0.3) is 0 Å². The normalized spacial score (nSPS) is 10.2. The fourth-order valence-corrected chi connectivity index (χ4v) is 2.80. The summed E-state index contributed by atoms with van der Waals surface area (Å²) >= 11 is 6.88. The average Bonchev–Trinajstić information content (AvgIpc) is 2.57. The van der Waals surface area contributed by atoms with Gasteiger partial charge in [0.15, 0.2) is 0 Å². The van der Waals surface area contributed by atoms with Crippen LogP contribution >= 0.6 is 31.9 Å². The highest BCUT2D eigenvalue weighted by atomic mass is 79.9.